The predicted molar refractivity (Wildman–Crippen MR) is 107 cm³/mol. The molecule has 160 valence electrons. The van der Waals surface area contributed by atoms with Crippen molar-refractivity contribution in [3.8, 4) is 0 Å². The van der Waals surface area contributed by atoms with Gasteiger partial charge in [-0.1, -0.05) is 18.6 Å². The number of hydrogen-bond acceptors (Lipinski definition) is 5. The third-order valence-electron chi connectivity index (χ3n) is 9.37. The van der Waals surface area contributed by atoms with Crippen LogP contribution < -0.4 is 0 Å². The molecule has 0 aromatic rings. The summed E-state index contributed by atoms with van der Waals surface area (Å²) in [6.07, 6.45) is 9.09. The Morgan fingerprint density at radius 1 is 1.07 bits per heavy atom. The van der Waals surface area contributed by atoms with Crippen molar-refractivity contribution in [3.63, 3.8) is 0 Å². The van der Waals surface area contributed by atoms with E-state index in [1.54, 1.807) is 5.57 Å². The van der Waals surface area contributed by atoms with E-state index in [0.717, 1.165) is 38.5 Å². The molecule has 0 radical (unpaired) electrons. The second-order valence-corrected chi connectivity index (χ2v) is 10.3. The van der Waals surface area contributed by atoms with Crippen LogP contribution in [0.25, 0.3) is 0 Å². The van der Waals surface area contributed by atoms with Gasteiger partial charge in [-0.25, -0.2) is 0 Å². The molecule has 7 atom stereocenters. The minimum absolute atomic E-state index is 0.0381. The van der Waals surface area contributed by atoms with Gasteiger partial charge in [0.25, 0.3) is 0 Å². The van der Waals surface area contributed by atoms with Gasteiger partial charge in [0.2, 0.25) is 0 Å². The van der Waals surface area contributed by atoms with E-state index in [2.05, 4.69) is 13.0 Å². The van der Waals surface area contributed by atoms with Crippen molar-refractivity contribution in [2.75, 3.05) is 26.4 Å². The molecule has 5 nitrogen and oxygen atoms in total. The molecule has 0 aromatic carbocycles. The van der Waals surface area contributed by atoms with Gasteiger partial charge in [0.1, 0.15) is 6.10 Å². The number of rotatable bonds is 0. The molecule has 4 aliphatic heterocycles. The predicted octanol–water partition coefficient (Wildman–Crippen LogP) is 3.51. The molecule has 2 saturated heterocycles. The summed E-state index contributed by atoms with van der Waals surface area (Å²) in [5, 5.41) is 11.8. The first-order valence-electron chi connectivity index (χ1n) is 11.6. The van der Waals surface area contributed by atoms with Crippen LogP contribution in [0.15, 0.2) is 22.8 Å². The Kier molecular flexibility index (Phi) is 4.19. The van der Waals surface area contributed by atoms with Crippen LogP contribution in [0.1, 0.15) is 58.8 Å². The molecule has 0 amide bonds. The Bertz CT molecular complexity index is 773. The van der Waals surface area contributed by atoms with Crippen LogP contribution in [0.5, 0.6) is 0 Å². The monoisotopic (exact) mass is 402 g/mol. The summed E-state index contributed by atoms with van der Waals surface area (Å²) in [7, 11) is 0. The summed E-state index contributed by atoms with van der Waals surface area (Å²) in [5.74, 6) is 0.414. The van der Waals surface area contributed by atoms with Crippen molar-refractivity contribution < 1.29 is 24.1 Å². The lowest BCUT2D eigenvalue weighted by atomic mass is 9.55. The van der Waals surface area contributed by atoms with E-state index in [1.165, 1.54) is 17.6 Å². The van der Waals surface area contributed by atoms with E-state index >= 15 is 0 Å². The standard InChI is InChI=1S/C24H34O5/c1-15-23(25)8-6-20-18-4-3-16-14-24(28-11-9-26-15)21(27-10-12-29-24)13-19(16)17(18)5-7-22(20,23)2/h5,15,18,20-21,25H,3-4,6-14H2,1-2H3/t15?,18-,20-,21?,22+,23-,24?/m1/s1. The zero-order chi connectivity index (χ0) is 19.9. The van der Waals surface area contributed by atoms with E-state index < -0.39 is 11.4 Å². The van der Waals surface area contributed by atoms with Crippen LogP contribution in [0.2, 0.25) is 0 Å². The van der Waals surface area contributed by atoms with Crippen LogP contribution in [-0.2, 0) is 18.9 Å². The van der Waals surface area contributed by atoms with Gasteiger partial charge in [-0.05, 0) is 62.0 Å². The van der Waals surface area contributed by atoms with Crippen molar-refractivity contribution in [2.45, 2.75) is 82.4 Å². The average Bonchev–Trinajstić information content (AvgIpc) is 3.01. The molecule has 5 heteroatoms. The molecule has 3 unspecified atom stereocenters. The number of allylic oxidation sites excluding steroid dienone is 2. The summed E-state index contributed by atoms with van der Waals surface area (Å²) >= 11 is 0. The van der Waals surface area contributed by atoms with Crippen LogP contribution >= 0.6 is 0 Å². The first-order valence-corrected chi connectivity index (χ1v) is 11.6. The molecule has 3 fully saturated rings. The van der Waals surface area contributed by atoms with Gasteiger partial charge in [-0.15, -0.1) is 0 Å². The van der Waals surface area contributed by atoms with Crippen molar-refractivity contribution in [2.24, 2.45) is 17.3 Å². The van der Waals surface area contributed by atoms with E-state index in [-0.39, 0.29) is 17.6 Å². The maximum absolute atomic E-state index is 11.8. The van der Waals surface area contributed by atoms with Gasteiger partial charge in [-0.2, -0.15) is 0 Å². The molecule has 1 N–H and O–H groups in total. The number of fused-ring (bicyclic) bond motifs is 1. The van der Waals surface area contributed by atoms with Gasteiger partial charge < -0.3 is 24.1 Å². The fraction of sp³-hybridized carbons (Fsp3) is 0.833. The summed E-state index contributed by atoms with van der Waals surface area (Å²) in [6.45, 7) is 6.53. The summed E-state index contributed by atoms with van der Waals surface area (Å²) in [6, 6.07) is 0. The SMILES string of the molecule is CC1OCCOC23CC4=C(CC2OCCO3)C2=CC[C@@]3(C)[C@H](CC[C@@]13O)[C@@H]2CC4. The third-order valence-corrected chi connectivity index (χ3v) is 9.37. The number of ether oxygens (including phenoxy) is 4. The van der Waals surface area contributed by atoms with Crippen LogP contribution in [0.3, 0.4) is 0 Å². The quantitative estimate of drug-likeness (QED) is 0.672. The lowest BCUT2D eigenvalue weighted by Gasteiger charge is -2.54. The highest BCUT2D eigenvalue weighted by atomic mass is 16.7. The largest absolute Gasteiger partial charge is 0.387 e. The maximum Gasteiger partial charge on any atom is 0.199 e. The van der Waals surface area contributed by atoms with Crippen molar-refractivity contribution in [1.82, 2.24) is 0 Å². The molecule has 8 aliphatic rings. The average molecular weight is 403 g/mol. The Morgan fingerprint density at radius 3 is 2.69 bits per heavy atom. The second-order valence-electron chi connectivity index (χ2n) is 10.3. The zero-order valence-corrected chi connectivity index (χ0v) is 17.7. The van der Waals surface area contributed by atoms with E-state index in [9.17, 15) is 5.11 Å². The Balaban J connectivity index is 1.47. The molecule has 8 rings (SSSR count). The minimum Gasteiger partial charge on any atom is -0.387 e. The molecule has 4 heterocycles. The summed E-state index contributed by atoms with van der Waals surface area (Å²) in [4.78, 5) is 0. The first kappa shape index (κ1) is 19.0. The highest BCUT2D eigenvalue weighted by Crippen LogP contribution is 2.64. The van der Waals surface area contributed by atoms with E-state index in [4.69, 9.17) is 18.9 Å². The van der Waals surface area contributed by atoms with Crippen LogP contribution in [-0.4, -0.2) is 55.1 Å². The maximum atomic E-state index is 11.8. The molecular weight excluding hydrogens is 368 g/mol. The second kappa shape index (κ2) is 6.39. The lowest BCUT2D eigenvalue weighted by Crippen LogP contribution is -2.58. The highest BCUT2D eigenvalue weighted by Gasteiger charge is 2.63. The van der Waals surface area contributed by atoms with Crippen molar-refractivity contribution >= 4 is 0 Å². The number of aliphatic hydroxyl groups is 1. The van der Waals surface area contributed by atoms with Gasteiger partial charge >= 0.3 is 0 Å². The molecule has 4 aliphatic carbocycles. The van der Waals surface area contributed by atoms with Gasteiger partial charge in [0.15, 0.2) is 5.79 Å². The third kappa shape index (κ3) is 2.45. The van der Waals surface area contributed by atoms with Crippen molar-refractivity contribution in [1.29, 1.82) is 0 Å². The highest BCUT2D eigenvalue weighted by molar-refractivity contribution is 5.46. The lowest BCUT2D eigenvalue weighted by molar-refractivity contribution is -0.330. The fourth-order valence-electron chi connectivity index (χ4n) is 7.73. The molecule has 29 heavy (non-hydrogen) atoms. The topological polar surface area (TPSA) is 57.2 Å². The Labute approximate surface area is 173 Å². The number of hydrogen-bond donors (Lipinski definition) is 1. The Morgan fingerprint density at radius 2 is 1.86 bits per heavy atom. The Hall–Kier alpha value is -0.720. The fourth-order valence-corrected chi connectivity index (χ4v) is 7.73. The smallest absolute Gasteiger partial charge is 0.199 e. The van der Waals surface area contributed by atoms with Crippen molar-refractivity contribution in [3.05, 3.63) is 22.8 Å². The van der Waals surface area contributed by atoms with E-state index in [1.807, 2.05) is 6.92 Å². The van der Waals surface area contributed by atoms with Gasteiger partial charge in [-0.3, -0.25) is 0 Å². The van der Waals surface area contributed by atoms with E-state index in [0.29, 0.717) is 38.3 Å². The van der Waals surface area contributed by atoms with Crippen LogP contribution in [0.4, 0.5) is 0 Å². The molecule has 0 aromatic heterocycles. The minimum atomic E-state index is -0.775. The molecule has 1 spiro atoms. The van der Waals surface area contributed by atoms with Crippen LogP contribution in [0, 0.1) is 17.3 Å². The molecule has 1 saturated carbocycles. The molecule has 8 bridgehead atoms. The summed E-state index contributed by atoms with van der Waals surface area (Å²) < 4.78 is 25.0. The molecular formula is C24H34O5. The first-order chi connectivity index (χ1) is 14.0. The van der Waals surface area contributed by atoms with Gasteiger partial charge in [0, 0.05) is 18.3 Å². The summed E-state index contributed by atoms with van der Waals surface area (Å²) in [5.41, 5.74) is 3.69. The zero-order valence-electron chi connectivity index (χ0n) is 17.7. The normalized spacial score (nSPS) is 51.8. The van der Waals surface area contributed by atoms with Gasteiger partial charge in [0.05, 0.1) is 38.1 Å².